The molecule has 3 aromatic heterocycles. The van der Waals surface area contributed by atoms with Crippen LogP contribution in [0.2, 0.25) is 0 Å². The number of imidazole rings is 1. The van der Waals surface area contributed by atoms with Gasteiger partial charge in [0.25, 0.3) is 0 Å². The number of nitrogens with one attached hydrogen (secondary N) is 1. The average molecular weight is 412 g/mol. The smallest absolute Gasteiger partial charge is 0.341 e. The number of rotatable bonds is 6. The summed E-state index contributed by atoms with van der Waals surface area (Å²) >= 11 is 1.52. The molecule has 1 amide bonds. The number of nitrogens with zero attached hydrogens (tertiary/aromatic N) is 2. The molecule has 7 heteroatoms. The molecule has 6 nitrogen and oxygen atoms in total. The van der Waals surface area contributed by atoms with Crippen molar-refractivity contribution >= 4 is 33.9 Å². The van der Waals surface area contributed by atoms with E-state index in [9.17, 15) is 9.59 Å². The Balaban J connectivity index is 1.51. The SMILES string of the molecule is CCOC(=O)c1c(NC(=O)CCc2c(C)nc3ccccn23)sc2c1CCCC2. The van der Waals surface area contributed by atoms with E-state index in [-0.39, 0.29) is 11.9 Å². The maximum atomic E-state index is 12.7. The Bertz CT molecular complexity index is 1070. The molecule has 1 N–H and O–H groups in total. The Morgan fingerprint density at radius 2 is 2.10 bits per heavy atom. The highest BCUT2D eigenvalue weighted by Gasteiger charge is 2.27. The average Bonchev–Trinajstić information content (AvgIpc) is 3.22. The third kappa shape index (κ3) is 3.92. The van der Waals surface area contributed by atoms with E-state index >= 15 is 0 Å². The first-order chi connectivity index (χ1) is 14.1. The van der Waals surface area contributed by atoms with E-state index in [1.807, 2.05) is 35.7 Å². The van der Waals surface area contributed by atoms with Gasteiger partial charge in [0.2, 0.25) is 5.91 Å². The molecule has 0 aromatic carbocycles. The maximum absolute atomic E-state index is 12.7. The highest BCUT2D eigenvalue weighted by molar-refractivity contribution is 7.17. The Hall–Kier alpha value is -2.67. The van der Waals surface area contributed by atoms with Gasteiger partial charge in [0.1, 0.15) is 10.6 Å². The second-order valence-corrected chi connectivity index (χ2v) is 8.36. The largest absolute Gasteiger partial charge is 0.462 e. The fraction of sp³-hybridized carbons (Fsp3) is 0.409. The van der Waals surface area contributed by atoms with E-state index in [0.717, 1.165) is 48.3 Å². The Kier molecular flexibility index (Phi) is 5.67. The maximum Gasteiger partial charge on any atom is 0.341 e. The van der Waals surface area contributed by atoms with E-state index in [2.05, 4.69) is 10.3 Å². The Morgan fingerprint density at radius 1 is 1.28 bits per heavy atom. The summed E-state index contributed by atoms with van der Waals surface area (Å²) in [7, 11) is 0. The van der Waals surface area contributed by atoms with Crippen LogP contribution in [0.25, 0.3) is 5.65 Å². The molecule has 0 fully saturated rings. The molecule has 3 heterocycles. The normalized spacial score (nSPS) is 13.3. The summed E-state index contributed by atoms with van der Waals surface area (Å²) < 4.78 is 7.29. The van der Waals surface area contributed by atoms with Gasteiger partial charge < -0.3 is 14.5 Å². The van der Waals surface area contributed by atoms with Gasteiger partial charge in [0.15, 0.2) is 0 Å². The standard InChI is InChI=1S/C22H25N3O3S/c1-3-28-22(27)20-15-8-4-5-9-17(15)29-21(20)24-19(26)12-11-16-14(2)23-18-10-6-7-13-25(16)18/h6-7,10,13H,3-5,8-9,11-12H2,1-2H3,(H,24,26). The number of ether oxygens (including phenoxy) is 1. The molecule has 29 heavy (non-hydrogen) atoms. The highest BCUT2D eigenvalue weighted by atomic mass is 32.1. The van der Waals surface area contributed by atoms with Gasteiger partial charge >= 0.3 is 5.97 Å². The quantitative estimate of drug-likeness (QED) is 0.613. The number of esters is 1. The van der Waals surface area contributed by atoms with Gasteiger partial charge in [-0.1, -0.05) is 6.07 Å². The van der Waals surface area contributed by atoms with Crippen LogP contribution in [0.15, 0.2) is 24.4 Å². The topological polar surface area (TPSA) is 72.7 Å². The number of thiophene rings is 1. The van der Waals surface area contributed by atoms with Crippen molar-refractivity contribution in [2.45, 2.75) is 52.4 Å². The van der Waals surface area contributed by atoms with E-state index in [1.165, 1.54) is 16.2 Å². The van der Waals surface area contributed by atoms with Gasteiger partial charge in [0.05, 0.1) is 17.9 Å². The third-order valence-corrected chi connectivity index (χ3v) is 6.53. The number of anilines is 1. The van der Waals surface area contributed by atoms with Crippen LogP contribution in [-0.2, 0) is 28.8 Å². The van der Waals surface area contributed by atoms with Crippen LogP contribution < -0.4 is 5.32 Å². The summed E-state index contributed by atoms with van der Waals surface area (Å²) in [6, 6.07) is 5.87. The van der Waals surface area contributed by atoms with Crippen LogP contribution in [0.1, 0.15) is 58.4 Å². The number of amides is 1. The minimum atomic E-state index is -0.333. The molecule has 0 saturated carbocycles. The first-order valence-electron chi connectivity index (χ1n) is 10.1. The molecule has 0 unspecified atom stereocenters. The van der Waals surface area contributed by atoms with Gasteiger partial charge in [-0.2, -0.15) is 0 Å². The highest BCUT2D eigenvalue weighted by Crippen LogP contribution is 2.38. The number of hydrogen-bond acceptors (Lipinski definition) is 5. The van der Waals surface area contributed by atoms with E-state index in [1.54, 1.807) is 6.92 Å². The van der Waals surface area contributed by atoms with Crippen LogP contribution in [0.3, 0.4) is 0 Å². The lowest BCUT2D eigenvalue weighted by molar-refractivity contribution is -0.116. The van der Waals surface area contributed by atoms with Crippen molar-refractivity contribution < 1.29 is 14.3 Å². The van der Waals surface area contributed by atoms with Crippen LogP contribution in [0, 0.1) is 6.92 Å². The molecule has 0 radical (unpaired) electrons. The van der Waals surface area contributed by atoms with E-state index in [0.29, 0.717) is 30.0 Å². The van der Waals surface area contributed by atoms with Gasteiger partial charge in [-0.15, -0.1) is 11.3 Å². The molecule has 3 aromatic rings. The van der Waals surface area contributed by atoms with Gasteiger partial charge in [-0.3, -0.25) is 4.79 Å². The number of hydrogen-bond donors (Lipinski definition) is 1. The van der Waals surface area contributed by atoms with Gasteiger partial charge in [-0.05, 0) is 63.6 Å². The lowest BCUT2D eigenvalue weighted by Crippen LogP contribution is -2.16. The molecule has 0 bridgehead atoms. The molecule has 0 atom stereocenters. The molecular formula is C22H25N3O3S. The third-order valence-electron chi connectivity index (χ3n) is 5.32. The predicted molar refractivity (Wildman–Crippen MR) is 114 cm³/mol. The van der Waals surface area contributed by atoms with Gasteiger partial charge in [0, 0.05) is 23.2 Å². The summed E-state index contributed by atoms with van der Waals surface area (Å²) in [5.74, 6) is -0.431. The lowest BCUT2D eigenvalue weighted by atomic mass is 9.95. The Morgan fingerprint density at radius 3 is 2.93 bits per heavy atom. The summed E-state index contributed by atoms with van der Waals surface area (Å²) in [5.41, 5.74) is 4.48. The number of carbonyl (C=O) groups is 2. The summed E-state index contributed by atoms with van der Waals surface area (Å²) in [4.78, 5) is 31.0. The molecule has 0 aliphatic heterocycles. The molecule has 4 rings (SSSR count). The van der Waals surface area contributed by atoms with Crippen molar-refractivity contribution in [1.82, 2.24) is 9.38 Å². The predicted octanol–water partition coefficient (Wildman–Crippen LogP) is 4.33. The first kappa shape index (κ1) is 19.6. The van der Waals surface area contributed by atoms with Crippen molar-refractivity contribution in [3.05, 3.63) is 51.8 Å². The summed E-state index contributed by atoms with van der Waals surface area (Å²) in [5, 5.41) is 3.62. The molecule has 152 valence electrons. The van der Waals surface area contributed by atoms with E-state index < -0.39 is 0 Å². The number of aromatic nitrogens is 2. The molecule has 0 saturated heterocycles. The lowest BCUT2D eigenvalue weighted by Gasteiger charge is -2.12. The van der Waals surface area contributed by atoms with Crippen LogP contribution in [-0.4, -0.2) is 27.9 Å². The zero-order chi connectivity index (χ0) is 20.4. The van der Waals surface area contributed by atoms with Crippen molar-refractivity contribution in [3.8, 4) is 0 Å². The van der Waals surface area contributed by atoms with Gasteiger partial charge in [-0.25, -0.2) is 9.78 Å². The van der Waals surface area contributed by atoms with Crippen LogP contribution in [0.4, 0.5) is 5.00 Å². The summed E-state index contributed by atoms with van der Waals surface area (Å²) in [6.45, 7) is 4.09. The zero-order valence-electron chi connectivity index (χ0n) is 16.8. The van der Waals surface area contributed by atoms with Crippen molar-refractivity contribution in [2.24, 2.45) is 0 Å². The van der Waals surface area contributed by atoms with Crippen molar-refractivity contribution in [3.63, 3.8) is 0 Å². The van der Waals surface area contributed by atoms with Crippen LogP contribution >= 0.6 is 11.3 Å². The van der Waals surface area contributed by atoms with E-state index in [4.69, 9.17) is 4.74 Å². The number of pyridine rings is 1. The molecule has 1 aliphatic carbocycles. The second-order valence-electron chi connectivity index (χ2n) is 7.26. The van der Waals surface area contributed by atoms with Crippen molar-refractivity contribution in [1.29, 1.82) is 0 Å². The number of carbonyl (C=O) groups excluding carboxylic acids is 2. The molecule has 1 aliphatic rings. The summed E-state index contributed by atoms with van der Waals surface area (Å²) in [6.07, 6.45) is 6.90. The monoisotopic (exact) mass is 411 g/mol. The second kappa shape index (κ2) is 8.37. The fourth-order valence-electron chi connectivity index (χ4n) is 3.96. The zero-order valence-corrected chi connectivity index (χ0v) is 17.6. The molecular weight excluding hydrogens is 386 g/mol. The first-order valence-corrected chi connectivity index (χ1v) is 10.9. The molecule has 0 spiro atoms. The van der Waals surface area contributed by atoms with Crippen LogP contribution in [0.5, 0.6) is 0 Å². The fourth-order valence-corrected chi connectivity index (χ4v) is 5.25. The minimum absolute atomic E-state index is 0.0978. The van der Waals surface area contributed by atoms with Crippen molar-refractivity contribution in [2.75, 3.05) is 11.9 Å². The Labute approximate surface area is 173 Å². The number of fused-ring (bicyclic) bond motifs is 2. The number of aryl methyl sites for hydroxylation is 3. The minimum Gasteiger partial charge on any atom is -0.462 e.